The Labute approximate surface area is 120 Å². The van der Waals surface area contributed by atoms with Crippen molar-refractivity contribution >= 4 is 32.5 Å². The van der Waals surface area contributed by atoms with Gasteiger partial charge >= 0.3 is 0 Å². The van der Waals surface area contributed by atoms with Crippen molar-refractivity contribution in [1.29, 1.82) is 0 Å². The first-order valence-electron chi connectivity index (χ1n) is 6.59. The fraction of sp³-hybridized carbons (Fsp3) is 0.312. The van der Waals surface area contributed by atoms with Crippen LogP contribution in [0, 0.1) is 0 Å². The van der Waals surface area contributed by atoms with Gasteiger partial charge < -0.3 is 4.74 Å². The summed E-state index contributed by atoms with van der Waals surface area (Å²) in [5.41, 5.74) is 0. The predicted molar refractivity (Wildman–Crippen MR) is 79.5 cm³/mol. The molecule has 1 aliphatic carbocycles. The van der Waals surface area contributed by atoms with Gasteiger partial charge in [-0.15, -0.1) is 0 Å². The molecular formula is C16H15BrO2. The van der Waals surface area contributed by atoms with Gasteiger partial charge in [0.15, 0.2) is 0 Å². The number of rotatable bonds is 2. The molecule has 1 saturated carbocycles. The van der Waals surface area contributed by atoms with Crippen LogP contribution in [0.5, 0.6) is 5.75 Å². The standard InChI is InChI=1S/C16H15BrO2/c17-16-14-7-2-1-4-11(14)8-9-15(16)19-13-6-3-5-12(18)10-13/h1-2,4,7-9,13H,3,5-6,10H2. The van der Waals surface area contributed by atoms with Crippen LogP contribution < -0.4 is 4.74 Å². The Morgan fingerprint density at radius 1 is 1.16 bits per heavy atom. The summed E-state index contributed by atoms with van der Waals surface area (Å²) < 4.78 is 6.97. The molecule has 0 spiro atoms. The lowest BCUT2D eigenvalue weighted by molar-refractivity contribution is -0.122. The molecule has 0 N–H and O–H groups in total. The Hall–Kier alpha value is -1.35. The largest absolute Gasteiger partial charge is 0.489 e. The van der Waals surface area contributed by atoms with Gasteiger partial charge in [-0.2, -0.15) is 0 Å². The van der Waals surface area contributed by atoms with E-state index in [9.17, 15) is 4.79 Å². The highest BCUT2D eigenvalue weighted by molar-refractivity contribution is 9.10. The van der Waals surface area contributed by atoms with Crippen LogP contribution in [-0.4, -0.2) is 11.9 Å². The Morgan fingerprint density at radius 2 is 2.00 bits per heavy atom. The molecule has 2 aromatic carbocycles. The number of ketones is 1. The third kappa shape index (κ3) is 2.66. The molecule has 0 bridgehead atoms. The maximum absolute atomic E-state index is 11.5. The van der Waals surface area contributed by atoms with E-state index >= 15 is 0 Å². The summed E-state index contributed by atoms with van der Waals surface area (Å²) in [5.74, 6) is 1.14. The highest BCUT2D eigenvalue weighted by Crippen LogP contribution is 2.34. The third-order valence-electron chi connectivity index (χ3n) is 3.56. The summed E-state index contributed by atoms with van der Waals surface area (Å²) in [7, 11) is 0. The second kappa shape index (κ2) is 5.33. The van der Waals surface area contributed by atoms with Crippen molar-refractivity contribution in [2.75, 3.05) is 0 Å². The summed E-state index contributed by atoms with van der Waals surface area (Å²) in [5, 5.41) is 2.32. The lowest BCUT2D eigenvalue weighted by atomic mass is 9.96. The molecule has 3 rings (SSSR count). The zero-order chi connectivity index (χ0) is 13.2. The summed E-state index contributed by atoms with van der Waals surface area (Å²) in [6.45, 7) is 0. The molecule has 3 heteroatoms. The van der Waals surface area contributed by atoms with E-state index in [0.29, 0.717) is 18.6 Å². The van der Waals surface area contributed by atoms with Crippen LogP contribution in [-0.2, 0) is 4.79 Å². The van der Waals surface area contributed by atoms with Gasteiger partial charge in [-0.25, -0.2) is 0 Å². The molecular weight excluding hydrogens is 304 g/mol. The number of ether oxygens (including phenoxy) is 1. The van der Waals surface area contributed by atoms with Gasteiger partial charge in [0, 0.05) is 12.8 Å². The maximum Gasteiger partial charge on any atom is 0.136 e. The lowest BCUT2D eigenvalue weighted by Crippen LogP contribution is -2.25. The average Bonchev–Trinajstić information content (AvgIpc) is 2.42. The molecule has 2 nitrogen and oxygen atoms in total. The highest BCUT2D eigenvalue weighted by Gasteiger charge is 2.21. The molecule has 98 valence electrons. The second-order valence-electron chi connectivity index (χ2n) is 4.97. The van der Waals surface area contributed by atoms with Crippen LogP contribution in [0.1, 0.15) is 25.7 Å². The number of fused-ring (bicyclic) bond motifs is 1. The Kier molecular flexibility index (Phi) is 3.56. The first-order valence-corrected chi connectivity index (χ1v) is 7.39. The van der Waals surface area contributed by atoms with Crippen LogP contribution in [0.4, 0.5) is 0 Å². The Balaban J connectivity index is 1.88. The number of Topliss-reactive ketones (excluding diaryl/α,β-unsaturated/α-hetero) is 1. The van der Waals surface area contributed by atoms with E-state index in [2.05, 4.69) is 34.1 Å². The molecule has 1 unspecified atom stereocenters. The van der Waals surface area contributed by atoms with E-state index in [1.165, 1.54) is 5.39 Å². The lowest BCUT2D eigenvalue weighted by Gasteiger charge is -2.23. The van der Waals surface area contributed by atoms with Crippen molar-refractivity contribution in [1.82, 2.24) is 0 Å². The van der Waals surface area contributed by atoms with Gasteiger partial charge in [-0.3, -0.25) is 4.79 Å². The zero-order valence-corrected chi connectivity index (χ0v) is 12.2. The molecule has 0 aliphatic heterocycles. The topological polar surface area (TPSA) is 26.3 Å². The molecule has 0 aromatic heterocycles. The van der Waals surface area contributed by atoms with Gasteiger partial charge in [0.2, 0.25) is 0 Å². The summed E-state index contributed by atoms with van der Waals surface area (Å²) >= 11 is 3.61. The van der Waals surface area contributed by atoms with Crippen LogP contribution in [0.2, 0.25) is 0 Å². The SMILES string of the molecule is O=C1CCCC(Oc2ccc3ccccc3c2Br)C1. The van der Waals surface area contributed by atoms with E-state index in [4.69, 9.17) is 4.74 Å². The van der Waals surface area contributed by atoms with Gasteiger partial charge in [0.05, 0.1) is 4.47 Å². The number of hydrogen-bond donors (Lipinski definition) is 0. The van der Waals surface area contributed by atoms with Crippen LogP contribution >= 0.6 is 15.9 Å². The van der Waals surface area contributed by atoms with Crippen molar-refractivity contribution in [3.63, 3.8) is 0 Å². The number of carbonyl (C=O) groups excluding carboxylic acids is 1. The molecule has 0 amide bonds. The Bertz CT molecular complexity index is 621. The molecule has 0 heterocycles. The number of halogens is 1. The molecule has 0 radical (unpaired) electrons. The van der Waals surface area contributed by atoms with Crippen molar-refractivity contribution in [2.45, 2.75) is 31.8 Å². The minimum absolute atomic E-state index is 0.0266. The van der Waals surface area contributed by atoms with Crippen LogP contribution in [0.3, 0.4) is 0 Å². The van der Waals surface area contributed by atoms with Gasteiger partial charge in [-0.05, 0) is 45.6 Å². The fourth-order valence-electron chi connectivity index (χ4n) is 2.57. The van der Waals surface area contributed by atoms with Crippen LogP contribution in [0.15, 0.2) is 40.9 Å². The molecule has 0 saturated heterocycles. The van der Waals surface area contributed by atoms with Crippen LogP contribution in [0.25, 0.3) is 10.8 Å². The smallest absolute Gasteiger partial charge is 0.136 e. The quantitative estimate of drug-likeness (QED) is 0.815. The Morgan fingerprint density at radius 3 is 2.84 bits per heavy atom. The first-order chi connectivity index (χ1) is 9.24. The van der Waals surface area contributed by atoms with E-state index in [0.717, 1.165) is 28.5 Å². The number of hydrogen-bond acceptors (Lipinski definition) is 2. The number of carbonyl (C=O) groups is 1. The van der Waals surface area contributed by atoms with Gasteiger partial charge in [-0.1, -0.05) is 30.3 Å². The summed E-state index contributed by atoms with van der Waals surface area (Å²) in [6, 6.07) is 12.2. The van der Waals surface area contributed by atoms with E-state index in [1.807, 2.05) is 18.2 Å². The molecule has 1 fully saturated rings. The predicted octanol–water partition coefficient (Wildman–Crippen LogP) is 4.49. The van der Waals surface area contributed by atoms with Gasteiger partial charge in [0.25, 0.3) is 0 Å². The maximum atomic E-state index is 11.5. The summed E-state index contributed by atoms with van der Waals surface area (Å²) in [4.78, 5) is 11.5. The fourth-order valence-corrected chi connectivity index (χ4v) is 3.16. The van der Waals surface area contributed by atoms with Crippen molar-refractivity contribution in [3.8, 4) is 5.75 Å². The molecule has 1 atom stereocenters. The molecule has 19 heavy (non-hydrogen) atoms. The minimum Gasteiger partial charge on any atom is -0.489 e. The van der Waals surface area contributed by atoms with E-state index in [-0.39, 0.29) is 6.10 Å². The molecule has 2 aromatic rings. The average molecular weight is 319 g/mol. The monoisotopic (exact) mass is 318 g/mol. The first kappa shape index (κ1) is 12.7. The highest BCUT2D eigenvalue weighted by atomic mass is 79.9. The van der Waals surface area contributed by atoms with E-state index < -0.39 is 0 Å². The van der Waals surface area contributed by atoms with Crippen molar-refractivity contribution in [3.05, 3.63) is 40.9 Å². The zero-order valence-electron chi connectivity index (χ0n) is 10.6. The summed E-state index contributed by atoms with van der Waals surface area (Å²) in [6.07, 6.45) is 3.18. The third-order valence-corrected chi connectivity index (χ3v) is 4.38. The van der Waals surface area contributed by atoms with Crippen molar-refractivity contribution in [2.24, 2.45) is 0 Å². The minimum atomic E-state index is 0.0266. The van der Waals surface area contributed by atoms with Gasteiger partial charge in [0.1, 0.15) is 17.6 Å². The number of benzene rings is 2. The second-order valence-corrected chi connectivity index (χ2v) is 5.77. The van der Waals surface area contributed by atoms with Crippen molar-refractivity contribution < 1.29 is 9.53 Å². The normalized spacial score (nSPS) is 19.6. The molecule has 1 aliphatic rings. The van der Waals surface area contributed by atoms with E-state index in [1.54, 1.807) is 0 Å².